The van der Waals surface area contributed by atoms with E-state index >= 15 is 0 Å². The molecule has 0 spiro atoms. The molecular weight excluding hydrogens is 708 g/mol. The van der Waals surface area contributed by atoms with Gasteiger partial charge in [0.2, 0.25) is 11.8 Å². The molecule has 7 nitrogen and oxygen atoms in total. The van der Waals surface area contributed by atoms with E-state index in [1.165, 1.54) is 17.0 Å². The molecule has 2 N–H and O–H groups in total. The molecule has 4 atom stereocenters. The highest BCUT2D eigenvalue weighted by atomic mass is 28.4. The molecule has 10 heteroatoms. The van der Waals surface area contributed by atoms with Crippen LogP contribution in [0.3, 0.4) is 0 Å². The first-order valence-electron chi connectivity index (χ1n) is 19.3. The largest absolute Gasteiger partial charge is 0.505 e. The van der Waals surface area contributed by atoms with Gasteiger partial charge in [-0.1, -0.05) is 124 Å². The van der Waals surface area contributed by atoms with Gasteiger partial charge in [0.25, 0.3) is 8.32 Å². The average molecular weight is 758 g/mol. The summed E-state index contributed by atoms with van der Waals surface area (Å²) in [5.74, 6) is -3.20. The second-order valence-electron chi connectivity index (χ2n) is 16.0. The van der Waals surface area contributed by atoms with Crippen molar-refractivity contribution in [1.29, 1.82) is 0 Å². The highest BCUT2D eigenvalue weighted by Gasteiger charge is 2.58. The van der Waals surface area contributed by atoms with Crippen LogP contribution in [0.25, 0.3) is 6.08 Å². The maximum atomic E-state index is 14.4. The lowest BCUT2D eigenvalue weighted by Gasteiger charge is -2.46. The molecule has 3 aliphatic rings. The van der Waals surface area contributed by atoms with Crippen molar-refractivity contribution in [2.45, 2.75) is 70.8 Å². The molecule has 0 saturated carbocycles. The number of fused-ring (bicyclic) bond motifs is 3. The van der Waals surface area contributed by atoms with Gasteiger partial charge < -0.3 is 19.2 Å². The van der Waals surface area contributed by atoms with Gasteiger partial charge in [0.15, 0.2) is 11.6 Å². The average Bonchev–Trinajstić information content (AvgIpc) is 3.43. The number of rotatable bonds is 11. The van der Waals surface area contributed by atoms with E-state index in [4.69, 9.17) is 9.08 Å². The third-order valence-corrected chi connectivity index (χ3v) is 16.7. The van der Waals surface area contributed by atoms with E-state index < -0.39 is 50.9 Å². The summed E-state index contributed by atoms with van der Waals surface area (Å²) < 4.78 is 28.1. The number of phenols is 1. The van der Waals surface area contributed by atoms with Crippen molar-refractivity contribution in [2.75, 3.05) is 11.5 Å². The molecular formula is C45H49BFNO6Si. The first kappa shape index (κ1) is 38.7. The number of amides is 2. The van der Waals surface area contributed by atoms with Crippen molar-refractivity contribution in [3.8, 4) is 5.75 Å². The van der Waals surface area contributed by atoms with Crippen LogP contribution in [0.4, 0.5) is 10.1 Å². The Bertz CT molecular complexity index is 2050. The molecule has 0 radical (unpaired) electrons. The zero-order valence-electron chi connectivity index (χ0n) is 32.0. The van der Waals surface area contributed by atoms with E-state index in [-0.39, 0.29) is 29.8 Å². The highest BCUT2D eigenvalue weighted by molar-refractivity contribution is 6.99. The number of aromatic hydroxyl groups is 1. The lowest BCUT2D eigenvalue weighted by Crippen LogP contribution is -2.66. The minimum Gasteiger partial charge on any atom is -0.505 e. The van der Waals surface area contributed by atoms with Gasteiger partial charge in [-0.15, -0.1) is 0 Å². The van der Waals surface area contributed by atoms with Gasteiger partial charge >= 0.3 is 7.12 Å². The molecule has 2 saturated heterocycles. The quantitative estimate of drug-likeness (QED) is 0.0927. The molecule has 284 valence electrons. The van der Waals surface area contributed by atoms with Crippen LogP contribution in [0.5, 0.6) is 5.75 Å². The third kappa shape index (κ3) is 7.41. The van der Waals surface area contributed by atoms with Gasteiger partial charge in [0.1, 0.15) is 0 Å². The van der Waals surface area contributed by atoms with Crippen LogP contribution in [-0.2, 0) is 18.7 Å². The van der Waals surface area contributed by atoms with Crippen molar-refractivity contribution >= 4 is 49.4 Å². The summed E-state index contributed by atoms with van der Waals surface area (Å²) >= 11 is 0. The molecule has 0 bridgehead atoms. The van der Waals surface area contributed by atoms with Crippen LogP contribution in [0.2, 0.25) is 11.4 Å². The summed E-state index contributed by atoms with van der Waals surface area (Å²) in [5, 5.41) is 23.0. The standard InChI is InChI=1S/C45H49BFNO6Si/c1-5-30(25-31-21-23-39(49)38(47)26-31)22-24-40-41-32(29-53-55(45(2,3)4,34-17-11-7-12-18-34)35-19-13-8-14-20-35)27-36-42(37(41)28-46(52)54-40)44(51)48(43(36)50)33-15-9-6-10-16-33/h6-21,23,25-26,36-37,40,42,49,52H,5,22,24,27-29H2,1-4H3/b30-25+/t36-,37+,40-,42-/m1/s1. The number of para-hydroxylation sites is 1. The molecule has 2 aliphatic heterocycles. The normalized spacial score (nSPS) is 21.9. The van der Waals surface area contributed by atoms with Crippen molar-refractivity contribution in [3.63, 3.8) is 0 Å². The van der Waals surface area contributed by atoms with Crippen molar-refractivity contribution in [1.82, 2.24) is 0 Å². The first-order chi connectivity index (χ1) is 26.4. The summed E-state index contributed by atoms with van der Waals surface area (Å²) in [6.45, 7) is 8.98. The van der Waals surface area contributed by atoms with Crippen LogP contribution in [0.1, 0.15) is 58.9 Å². The van der Waals surface area contributed by atoms with Gasteiger partial charge in [0, 0.05) is 0 Å². The molecule has 2 amide bonds. The summed E-state index contributed by atoms with van der Waals surface area (Å²) in [7, 11) is -4.11. The van der Waals surface area contributed by atoms with E-state index in [0.29, 0.717) is 36.9 Å². The Morgan fingerprint density at radius 1 is 0.927 bits per heavy atom. The molecule has 0 unspecified atom stereocenters. The zero-order chi connectivity index (χ0) is 38.9. The summed E-state index contributed by atoms with van der Waals surface area (Å²) in [6.07, 6.45) is 3.73. The number of carbonyl (C=O) groups is 2. The number of carbonyl (C=O) groups excluding carboxylic acids is 2. The van der Waals surface area contributed by atoms with Crippen LogP contribution >= 0.6 is 0 Å². The minimum atomic E-state index is -2.99. The van der Waals surface area contributed by atoms with Gasteiger partial charge in [-0.25, -0.2) is 4.39 Å². The fourth-order valence-corrected chi connectivity index (χ4v) is 13.7. The second kappa shape index (κ2) is 15.9. The lowest BCUT2D eigenvalue weighted by molar-refractivity contribution is -0.122. The Labute approximate surface area is 324 Å². The SMILES string of the molecule is CC/C(=C\c1ccc(O)c(F)c1)CC[C@H]1OB(O)C[C@H]2C1=C(CO[Si](c1ccccc1)(c1ccccc1)C(C)(C)C)C[C@H]1C(=O)N(c3ccccc3)C(=O)[C@H]12. The summed E-state index contributed by atoms with van der Waals surface area (Å²) in [5.41, 5.74) is 4.14. The number of anilines is 1. The number of phenolic OH excluding ortho intramolecular Hbond substituents is 1. The maximum Gasteiger partial charge on any atom is 0.455 e. The molecule has 4 aromatic rings. The third-order valence-electron chi connectivity index (χ3n) is 11.7. The van der Waals surface area contributed by atoms with Gasteiger partial charge in [-0.2, -0.15) is 0 Å². The maximum absolute atomic E-state index is 14.4. The Morgan fingerprint density at radius 3 is 2.13 bits per heavy atom. The Kier molecular flexibility index (Phi) is 11.1. The number of hydrogen-bond donors (Lipinski definition) is 2. The van der Waals surface area contributed by atoms with Gasteiger partial charge in [-0.3, -0.25) is 14.5 Å². The number of imide groups is 1. The Hall–Kier alpha value is -4.61. The van der Waals surface area contributed by atoms with Crippen LogP contribution in [-0.4, -0.2) is 50.1 Å². The topological polar surface area (TPSA) is 96.3 Å². The predicted octanol–water partition coefficient (Wildman–Crippen LogP) is 7.68. The fraction of sp³-hybridized carbons (Fsp3) is 0.333. The fourth-order valence-electron chi connectivity index (χ4n) is 9.20. The number of hydrogen-bond acceptors (Lipinski definition) is 6. The van der Waals surface area contributed by atoms with E-state index in [0.717, 1.165) is 27.1 Å². The Balaban J connectivity index is 1.31. The molecule has 4 aromatic carbocycles. The van der Waals surface area contributed by atoms with E-state index in [1.54, 1.807) is 18.2 Å². The van der Waals surface area contributed by atoms with Crippen molar-refractivity contribution in [2.24, 2.45) is 17.8 Å². The highest BCUT2D eigenvalue weighted by Crippen LogP contribution is 2.52. The van der Waals surface area contributed by atoms with Gasteiger partial charge in [0.05, 0.1) is 30.2 Å². The minimum absolute atomic E-state index is 0.195. The van der Waals surface area contributed by atoms with Crippen LogP contribution < -0.4 is 15.3 Å². The predicted molar refractivity (Wildman–Crippen MR) is 218 cm³/mol. The van der Waals surface area contributed by atoms with Crippen LogP contribution in [0, 0.1) is 23.6 Å². The number of halogens is 1. The summed E-state index contributed by atoms with van der Waals surface area (Å²) in [4.78, 5) is 30.0. The monoisotopic (exact) mass is 757 g/mol. The van der Waals surface area contributed by atoms with Crippen molar-refractivity contribution in [3.05, 3.63) is 137 Å². The first-order valence-corrected chi connectivity index (χ1v) is 21.2. The molecule has 2 heterocycles. The molecule has 1 aliphatic carbocycles. The Morgan fingerprint density at radius 2 is 1.55 bits per heavy atom. The van der Waals surface area contributed by atoms with E-state index in [9.17, 15) is 24.1 Å². The molecule has 0 aromatic heterocycles. The second-order valence-corrected chi connectivity index (χ2v) is 20.3. The lowest BCUT2D eigenvalue weighted by atomic mass is 9.58. The van der Waals surface area contributed by atoms with E-state index in [1.807, 2.05) is 43.3 Å². The smallest absolute Gasteiger partial charge is 0.455 e. The van der Waals surface area contributed by atoms with Crippen LogP contribution in [0.15, 0.2) is 126 Å². The van der Waals surface area contributed by atoms with E-state index in [2.05, 4.69) is 69.3 Å². The molecule has 2 fully saturated rings. The number of nitrogens with zero attached hydrogens (tertiary/aromatic N) is 1. The number of allylic oxidation sites excluding steroid dienone is 1. The number of benzene rings is 4. The molecule has 55 heavy (non-hydrogen) atoms. The van der Waals surface area contributed by atoms with Crippen molar-refractivity contribution < 1.29 is 33.2 Å². The molecule has 7 rings (SSSR count). The zero-order valence-corrected chi connectivity index (χ0v) is 33.0. The summed E-state index contributed by atoms with van der Waals surface area (Å²) in [6, 6.07) is 34.3. The van der Waals surface area contributed by atoms with Gasteiger partial charge in [-0.05, 0) is 94.3 Å².